The van der Waals surface area contributed by atoms with E-state index < -0.39 is 20.4 Å². The number of nitro benzene ring substituents is 1. The van der Waals surface area contributed by atoms with Crippen molar-refractivity contribution in [3.63, 3.8) is 0 Å². The van der Waals surface area contributed by atoms with Crippen LogP contribution in [0.25, 0.3) is 0 Å². The van der Waals surface area contributed by atoms with Crippen molar-refractivity contribution in [3.05, 3.63) is 58.1 Å². The lowest BCUT2D eigenvalue weighted by atomic mass is 10.2. The van der Waals surface area contributed by atoms with Crippen LogP contribution in [0.15, 0.2) is 47.4 Å². The van der Waals surface area contributed by atoms with Crippen LogP contribution in [0.4, 0.5) is 17.1 Å². The lowest BCUT2D eigenvalue weighted by molar-refractivity contribution is -0.387. The monoisotopic (exact) mass is 391 g/mol. The van der Waals surface area contributed by atoms with E-state index in [9.17, 15) is 18.5 Å². The number of morpholine rings is 1. The van der Waals surface area contributed by atoms with Crippen LogP contribution in [0.2, 0.25) is 0 Å². The Hall–Kier alpha value is -2.65. The molecule has 0 radical (unpaired) electrons. The number of hydrogen-bond acceptors (Lipinski definition) is 7. The topological polar surface area (TPSA) is 102 Å². The van der Waals surface area contributed by atoms with Crippen LogP contribution in [-0.2, 0) is 21.1 Å². The van der Waals surface area contributed by atoms with E-state index in [4.69, 9.17) is 4.74 Å². The van der Waals surface area contributed by atoms with Gasteiger partial charge in [-0.05, 0) is 29.8 Å². The van der Waals surface area contributed by atoms with Crippen molar-refractivity contribution in [2.45, 2.75) is 11.4 Å². The molecular weight excluding hydrogens is 370 g/mol. The Labute approximate surface area is 157 Å². The highest BCUT2D eigenvalue weighted by atomic mass is 32.2. The molecule has 9 heteroatoms. The largest absolute Gasteiger partial charge is 0.381 e. The second-order valence-electron chi connectivity index (χ2n) is 6.33. The molecule has 3 rings (SSSR count). The van der Waals surface area contributed by atoms with E-state index in [1.54, 1.807) is 0 Å². The molecule has 144 valence electrons. The van der Waals surface area contributed by atoms with Crippen LogP contribution in [0, 0.1) is 10.1 Å². The molecule has 0 unspecified atom stereocenters. The Morgan fingerprint density at radius 3 is 2.41 bits per heavy atom. The van der Waals surface area contributed by atoms with Gasteiger partial charge < -0.3 is 15.0 Å². The van der Waals surface area contributed by atoms with E-state index in [-0.39, 0.29) is 4.90 Å². The zero-order valence-corrected chi connectivity index (χ0v) is 15.7. The van der Waals surface area contributed by atoms with E-state index in [2.05, 4.69) is 10.2 Å². The minimum atomic E-state index is -3.70. The quantitative estimate of drug-likeness (QED) is 0.596. The molecule has 1 fully saturated rings. The first-order valence-electron chi connectivity index (χ1n) is 8.48. The second kappa shape index (κ2) is 7.93. The summed E-state index contributed by atoms with van der Waals surface area (Å²) in [4.78, 5) is 12.3. The third kappa shape index (κ3) is 4.75. The molecule has 0 amide bonds. The summed E-state index contributed by atoms with van der Waals surface area (Å²) < 4.78 is 29.0. The van der Waals surface area contributed by atoms with Crippen molar-refractivity contribution in [1.29, 1.82) is 0 Å². The molecule has 1 N–H and O–H groups in total. The predicted molar refractivity (Wildman–Crippen MR) is 103 cm³/mol. The average Bonchev–Trinajstić information content (AvgIpc) is 2.66. The molecule has 0 aliphatic carbocycles. The number of anilines is 2. The van der Waals surface area contributed by atoms with Crippen molar-refractivity contribution in [1.82, 2.24) is 0 Å². The van der Waals surface area contributed by atoms with Gasteiger partial charge in [0, 0.05) is 43.3 Å². The first-order valence-corrected chi connectivity index (χ1v) is 10.4. The summed E-state index contributed by atoms with van der Waals surface area (Å²) in [5, 5.41) is 14.1. The normalized spacial score (nSPS) is 14.8. The van der Waals surface area contributed by atoms with Crippen molar-refractivity contribution in [2.24, 2.45) is 0 Å². The molecule has 8 nitrogen and oxygen atoms in total. The molecule has 1 aliphatic heterocycles. The Bertz CT molecular complexity index is 923. The van der Waals surface area contributed by atoms with Crippen LogP contribution in [0.5, 0.6) is 0 Å². The highest BCUT2D eigenvalue weighted by Gasteiger charge is 2.22. The van der Waals surface area contributed by atoms with Crippen molar-refractivity contribution in [3.8, 4) is 0 Å². The van der Waals surface area contributed by atoms with E-state index in [1.165, 1.54) is 18.2 Å². The summed E-state index contributed by atoms with van der Waals surface area (Å²) in [6.07, 6.45) is 0.962. The van der Waals surface area contributed by atoms with E-state index >= 15 is 0 Å². The fourth-order valence-corrected chi connectivity index (χ4v) is 3.79. The lowest BCUT2D eigenvalue weighted by Crippen LogP contribution is -2.36. The number of nitrogens with zero attached hydrogens (tertiary/aromatic N) is 2. The molecule has 0 atom stereocenters. The van der Waals surface area contributed by atoms with Crippen molar-refractivity contribution >= 4 is 26.9 Å². The molecule has 0 spiro atoms. The summed E-state index contributed by atoms with van der Waals surface area (Å²) in [6, 6.07) is 12.1. The maximum absolute atomic E-state index is 11.8. The summed E-state index contributed by atoms with van der Waals surface area (Å²) in [7, 11) is -3.70. The maximum atomic E-state index is 11.8. The molecule has 0 bridgehead atoms. The third-order valence-electron chi connectivity index (χ3n) is 4.37. The van der Waals surface area contributed by atoms with Gasteiger partial charge in [-0.15, -0.1) is 0 Å². The zero-order valence-electron chi connectivity index (χ0n) is 14.9. The molecule has 1 saturated heterocycles. The van der Waals surface area contributed by atoms with Gasteiger partial charge in [0.15, 0.2) is 9.84 Å². The fraction of sp³-hybridized carbons (Fsp3) is 0.333. The Morgan fingerprint density at radius 1 is 1.15 bits per heavy atom. The van der Waals surface area contributed by atoms with Crippen LogP contribution >= 0.6 is 0 Å². The molecule has 2 aromatic carbocycles. The smallest absolute Gasteiger partial charge is 0.288 e. The highest BCUT2D eigenvalue weighted by Crippen LogP contribution is 2.27. The molecular formula is C18H21N3O5S. The van der Waals surface area contributed by atoms with E-state index in [0.717, 1.165) is 43.8 Å². The highest BCUT2D eigenvalue weighted by molar-refractivity contribution is 7.90. The first kappa shape index (κ1) is 19.1. The SMILES string of the molecule is CS(=O)(=O)c1cc(NCc2ccc(N3CCOCC3)cc2)ccc1[N+](=O)[O-]. The summed E-state index contributed by atoms with van der Waals surface area (Å²) in [5.74, 6) is 0. The van der Waals surface area contributed by atoms with Gasteiger partial charge in [0.2, 0.25) is 0 Å². The minimum Gasteiger partial charge on any atom is -0.381 e. The molecule has 2 aromatic rings. The molecule has 0 aromatic heterocycles. The zero-order chi connectivity index (χ0) is 19.4. The van der Waals surface area contributed by atoms with Gasteiger partial charge in [0.05, 0.1) is 18.1 Å². The third-order valence-corrected chi connectivity index (χ3v) is 5.49. The molecule has 0 saturated carbocycles. The van der Waals surface area contributed by atoms with Gasteiger partial charge >= 0.3 is 0 Å². The average molecular weight is 391 g/mol. The van der Waals surface area contributed by atoms with Gasteiger partial charge in [-0.25, -0.2) is 8.42 Å². The van der Waals surface area contributed by atoms with Gasteiger partial charge in [-0.3, -0.25) is 10.1 Å². The van der Waals surface area contributed by atoms with E-state index in [0.29, 0.717) is 12.2 Å². The Kier molecular flexibility index (Phi) is 5.62. The Balaban J connectivity index is 1.70. The number of rotatable bonds is 6. The standard InChI is InChI=1S/C18H21N3O5S/c1-27(24,25)18-12-15(4-7-17(18)21(22)23)19-13-14-2-5-16(6-3-14)20-8-10-26-11-9-20/h2-7,12,19H,8-11,13H2,1H3. The second-order valence-corrected chi connectivity index (χ2v) is 8.32. The Morgan fingerprint density at radius 2 is 1.81 bits per heavy atom. The number of benzene rings is 2. The number of nitro groups is 1. The van der Waals surface area contributed by atoms with Gasteiger partial charge in [0.25, 0.3) is 5.69 Å². The summed E-state index contributed by atoms with van der Waals surface area (Å²) in [6.45, 7) is 3.67. The fourth-order valence-electron chi connectivity index (χ4n) is 2.92. The number of sulfone groups is 1. The number of nitrogens with one attached hydrogen (secondary N) is 1. The van der Waals surface area contributed by atoms with Gasteiger partial charge in [0.1, 0.15) is 4.90 Å². The predicted octanol–water partition coefficient (Wildman–Crippen LogP) is 2.45. The molecule has 27 heavy (non-hydrogen) atoms. The van der Waals surface area contributed by atoms with Gasteiger partial charge in [-0.2, -0.15) is 0 Å². The lowest BCUT2D eigenvalue weighted by Gasteiger charge is -2.28. The molecule has 1 aliphatic rings. The molecule has 1 heterocycles. The summed E-state index contributed by atoms with van der Waals surface area (Å²) >= 11 is 0. The van der Waals surface area contributed by atoms with Crippen LogP contribution < -0.4 is 10.2 Å². The van der Waals surface area contributed by atoms with E-state index in [1.807, 2.05) is 24.3 Å². The summed E-state index contributed by atoms with van der Waals surface area (Å²) in [5.41, 5.74) is 2.25. The number of hydrogen-bond donors (Lipinski definition) is 1. The first-order chi connectivity index (χ1) is 12.8. The van der Waals surface area contributed by atoms with Crippen LogP contribution in [-0.4, -0.2) is 45.9 Å². The van der Waals surface area contributed by atoms with Crippen LogP contribution in [0.3, 0.4) is 0 Å². The van der Waals surface area contributed by atoms with Crippen molar-refractivity contribution < 1.29 is 18.1 Å². The minimum absolute atomic E-state index is 0.292. The maximum Gasteiger partial charge on any atom is 0.288 e. The van der Waals surface area contributed by atoms with Crippen molar-refractivity contribution in [2.75, 3.05) is 42.8 Å². The van der Waals surface area contributed by atoms with Gasteiger partial charge in [-0.1, -0.05) is 12.1 Å². The number of ether oxygens (including phenoxy) is 1. The van der Waals surface area contributed by atoms with Crippen LogP contribution in [0.1, 0.15) is 5.56 Å².